The molecule has 2 aromatic heterocycles. The van der Waals surface area contributed by atoms with E-state index in [0.29, 0.717) is 22.5 Å². The van der Waals surface area contributed by atoms with E-state index < -0.39 is 0 Å². The van der Waals surface area contributed by atoms with Crippen LogP contribution in [0.4, 0.5) is 0 Å². The van der Waals surface area contributed by atoms with Gasteiger partial charge in [0.25, 0.3) is 0 Å². The van der Waals surface area contributed by atoms with Gasteiger partial charge in [0, 0.05) is 16.9 Å². The summed E-state index contributed by atoms with van der Waals surface area (Å²) in [5.41, 5.74) is 3.23. The Hall–Kier alpha value is -2.35. The summed E-state index contributed by atoms with van der Waals surface area (Å²) in [6, 6.07) is 17.8. The summed E-state index contributed by atoms with van der Waals surface area (Å²) in [5.74, 6) is 0.284. The third-order valence-corrected chi connectivity index (χ3v) is 6.17. The van der Waals surface area contributed by atoms with Crippen LogP contribution in [0.25, 0.3) is 16.2 Å². The summed E-state index contributed by atoms with van der Waals surface area (Å²) in [5, 5.41) is 14.9. The third-order valence-electron chi connectivity index (χ3n) is 4.17. The molecule has 1 N–H and O–H groups in total. The normalized spacial score (nSPS) is 11.0. The number of benzene rings is 2. The number of halogens is 1. The first kappa shape index (κ1) is 19.0. The van der Waals surface area contributed by atoms with E-state index in [1.807, 2.05) is 52.2 Å². The Balaban J connectivity index is 1.39. The lowest BCUT2D eigenvalue weighted by atomic mass is 10.1. The molecule has 28 heavy (non-hydrogen) atoms. The molecule has 8 heteroatoms. The molecule has 0 atom stereocenters. The number of hydrogen-bond donors (Lipinski definition) is 1. The SMILES string of the molecule is O=C(CSc1nnc2scc(-c3ccc(Cl)cc3)n12)NCCc1ccccc1. The van der Waals surface area contributed by atoms with Gasteiger partial charge in [-0.3, -0.25) is 9.20 Å². The fourth-order valence-electron chi connectivity index (χ4n) is 2.78. The van der Waals surface area contributed by atoms with Gasteiger partial charge < -0.3 is 5.32 Å². The highest BCUT2D eigenvalue weighted by Gasteiger charge is 2.15. The fraction of sp³-hybridized carbons (Fsp3) is 0.150. The van der Waals surface area contributed by atoms with Crippen molar-refractivity contribution >= 4 is 45.6 Å². The molecule has 1 amide bonds. The van der Waals surface area contributed by atoms with Crippen LogP contribution < -0.4 is 5.32 Å². The molecular weight excluding hydrogens is 412 g/mol. The zero-order chi connectivity index (χ0) is 19.3. The number of thioether (sulfide) groups is 1. The molecule has 0 aliphatic heterocycles. The molecule has 0 fully saturated rings. The lowest BCUT2D eigenvalue weighted by molar-refractivity contribution is -0.118. The second kappa shape index (κ2) is 8.77. The second-order valence-corrected chi connectivity index (χ2v) is 8.32. The lowest BCUT2D eigenvalue weighted by Gasteiger charge is -2.05. The molecule has 2 aromatic carbocycles. The molecule has 4 rings (SSSR count). The minimum Gasteiger partial charge on any atom is -0.355 e. The number of carbonyl (C=O) groups is 1. The first-order chi connectivity index (χ1) is 13.7. The van der Waals surface area contributed by atoms with E-state index in [2.05, 4.69) is 27.6 Å². The number of thiazole rings is 1. The zero-order valence-electron chi connectivity index (χ0n) is 14.8. The molecule has 0 spiro atoms. The number of amides is 1. The number of hydrogen-bond acceptors (Lipinski definition) is 5. The van der Waals surface area contributed by atoms with Crippen molar-refractivity contribution in [2.75, 3.05) is 12.3 Å². The highest BCUT2D eigenvalue weighted by Crippen LogP contribution is 2.30. The van der Waals surface area contributed by atoms with Crippen LogP contribution in [0.2, 0.25) is 5.02 Å². The van der Waals surface area contributed by atoms with Crippen LogP contribution >= 0.6 is 34.7 Å². The van der Waals surface area contributed by atoms with E-state index in [1.54, 1.807) is 0 Å². The van der Waals surface area contributed by atoms with Crippen molar-refractivity contribution in [2.45, 2.75) is 11.6 Å². The number of rotatable bonds is 7. The highest BCUT2D eigenvalue weighted by atomic mass is 35.5. The van der Waals surface area contributed by atoms with Crippen molar-refractivity contribution in [1.82, 2.24) is 19.9 Å². The molecule has 0 radical (unpaired) electrons. The molecule has 142 valence electrons. The van der Waals surface area contributed by atoms with Crippen molar-refractivity contribution in [3.05, 3.63) is 70.6 Å². The van der Waals surface area contributed by atoms with Crippen LogP contribution in [0, 0.1) is 0 Å². The minimum atomic E-state index is -0.0130. The Bertz CT molecular complexity index is 1080. The molecule has 0 aliphatic carbocycles. The molecule has 0 saturated carbocycles. The first-order valence-electron chi connectivity index (χ1n) is 8.73. The largest absolute Gasteiger partial charge is 0.355 e. The monoisotopic (exact) mass is 428 g/mol. The van der Waals surface area contributed by atoms with Gasteiger partial charge in [-0.05, 0) is 29.7 Å². The van der Waals surface area contributed by atoms with Crippen LogP contribution in [-0.2, 0) is 11.2 Å². The number of nitrogens with one attached hydrogen (secondary N) is 1. The molecule has 4 aromatic rings. The summed E-state index contributed by atoms with van der Waals surface area (Å²) in [6.45, 7) is 0.618. The van der Waals surface area contributed by atoms with Crippen molar-refractivity contribution in [3.63, 3.8) is 0 Å². The van der Waals surface area contributed by atoms with Crippen LogP contribution in [0.1, 0.15) is 5.56 Å². The molecule has 5 nitrogen and oxygen atoms in total. The van der Waals surface area contributed by atoms with E-state index in [1.165, 1.54) is 28.7 Å². The van der Waals surface area contributed by atoms with Gasteiger partial charge in [0.15, 0.2) is 5.16 Å². The molecule has 0 unspecified atom stereocenters. The number of carbonyl (C=O) groups excluding carboxylic acids is 1. The van der Waals surface area contributed by atoms with Gasteiger partial charge in [0.2, 0.25) is 10.9 Å². The van der Waals surface area contributed by atoms with E-state index in [9.17, 15) is 4.79 Å². The Morgan fingerprint density at radius 1 is 1.11 bits per heavy atom. The average molecular weight is 429 g/mol. The number of aromatic nitrogens is 3. The summed E-state index contributed by atoms with van der Waals surface area (Å²) in [4.78, 5) is 13.0. The molecular formula is C20H17ClN4OS2. The molecule has 0 saturated heterocycles. The van der Waals surface area contributed by atoms with Crippen molar-refractivity contribution < 1.29 is 4.79 Å². The van der Waals surface area contributed by atoms with E-state index in [-0.39, 0.29) is 5.91 Å². The minimum absolute atomic E-state index is 0.0130. The quantitative estimate of drug-likeness (QED) is 0.438. The second-order valence-electron chi connectivity index (χ2n) is 6.10. The predicted molar refractivity (Wildman–Crippen MR) is 115 cm³/mol. The van der Waals surface area contributed by atoms with Crippen LogP contribution in [0.3, 0.4) is 0 Å². The summed E-state index contributed by atoms with van der Waals surface area (Å²) in [6.07, 6.45) is 0.817. The maximum Gasteiger partial charge on any atom is 0.230 e. The molecule has 2 heterocycles. The van der Waals surface area contributed by atoms with Gasteiger partial charge in [0.1, 0.15) is 0 Å². The van der Waals surface area contributed by atoms with Gasteiger partial charge >= 0.3 is 0 Å². The van der Waals surface area contributed by atoms with Crippen LogP contribution in [0.15, 0.2) is 65.1 Å². The van der Waals surface area contributed by atoms with Crippen LogP contribution in [0.5, 0.6) is 0 Å². The predicted octanol–water partition coefficient (Wildman–Crippen LogP) is 4.56. The smallest absolute Gasteiger partial charge is 0.230 e. The van der Waals surface area contributed by atoms with Gasteiger partial charge in [-0.25, -0.2) is 0 Å². The first-order valence-corrected chi connectivity index (χ1v) is 11.0. The standard InChI is InChI=1S/C20H17ClN4OS2/c21-16-8-6-15(7-9-16)17-12-27-19-23-24-20(25(17)19)28-13-18(26)22-11-10-14-4-2-1-3-5-14/h1-9,12H,10-11,13H2,(H,22,26). The third kappa shape index (κ3) is 4.38. The summed E-state index contributed by atoms with van der Waals surface area (Å²) < 4.78 is 1.98. The van der Waals surface area contributed by atoms with Gasteiger partial charge in [-0.2, -0.15) is 0 Å². The Labute approximate surface area is 175 Å². The molecule has 0 aliphatic rings. The summed E-state index contributed by atoms with van der Waals surface area (Å²) in [7, 11) is 0. The van der Waals surface area contributed by atoms with E-state index in [4.69, 9.17) is 11.6 Å². The zero-order valence-corrected chi connectivity index (χ0v) is 17.2. The Kier molecular flexibility index (Phi) is 5.95. The molecule has 0 bridgehead atoms. The van der Waals surface area contributed by atoms with Gasteiger partial charge in [-0.1, -0.05) is 65.8 Å². The lowest BCUT2D eigenvalue weighted by Crippen LogP contribution is -2.27. The van der Waals surface area contributed by atoms with Crippen molar-refractivity contribution in [2.24, 2.45) is 0 Å². The number of nitrogens with zero attached hydrogens (tertiary/aromatic N) is 3. The summed E-state index contributed by atoms with van der Waals surface area (Å²) >= 11 is 8.90. The van der Waals surface area contributed by atoms with Crippen LogP contribution in [-0.4, -0.2) is 32.8 Å². The number of fused-ring (bicyclic) bond motifs is 1. The Morgan fingerprint density at radius 2 is 1.89 bits per heavy atom. The Morgan fingerprint density at radius 3 is 2.68 bits per heavy atom. The van der Waals surface area contributed by atoms with Gasteiger partial charge in [-0.15, -0.1) is 21.5 Å². The topological polar surface area (TPSA) is 59.3 Å². The van der Waals surface area contributed by atoms with Gasteiger partial charge in [0.05, 0.1) is 11.4 Å². The van der Waals surface area contributed by atoms with Crippen molar-refractivity contribution in [3.8, 4) is 11.3 Å². The fourth-order valence-corrected chi connectivity index (χ4v) is 4.58. The van der Waals surface area contributed by atoms with Crippen molar-refractivity contribution in [1.29, 1.82) is 0 Å². The maximum atomic E-state index is 12.2. The maximum absolute atomic E-state index is 12.2. The van der Waals surface area contributed by atoms with E-state index >= 15 is 0 Å². The average Bonchev–Trinajstić information content (AvgIpc) is 3.30. The highest BCUT2D eigenvalue weighted by molar-refractivity contribution is 7.99. The van der Waals surface area contributed by atoms with E-state index in [0.717, 1.165) is 22.6 Å².